The van der Waals surface area contributed by atoms with Gasteiger partial charge in [0, 0.05) is 6.20 Å². The molecular formula is C14H11BrN2O3. The van der Waals surface area contributed by atoms with E-state index < -0.39 is 11.6 Å². The highest BCUT2D eigenvalue weighted by Gasteiger charge is 2.37. The number of halogens is 1. The van der Waals surface area contributed by atoms with Crippen molar-refractivity contribution in [1.29, 1.82) is 0 Å². The van der Waals surface area contributed by atoms with E-state index in [2.05, 4.69) is 20.9 Å². The normalized spacial score (nSPS) is 14.9. The van der Waals surface area contributed by atoms with Gasteiger partial charge in [0.15, 0.2) is 5.76 Å². The fourth-order valence-electron chi connectivity index (χ4n) is 2.12. The maximum atomic E-state index is 12.3. The fourth-order valence-corrected chi connectivity index (χ4v) is 2.69. The molecule has 0 amide bonds. The minimum atomic E-state index is -0.636. The molecule has 0 radical (unpaired) electrons. The second-order valence-electron chi connectivity index (χ2n) is 4.39. The molecule has 102 valence electrons. The summed E-state index contributed by atoms with van der Waals surface area (Å²) in [6.45, 7) is 2.31. The SMILES string of the molecule is CCCOC1=C(Br)c2nc3ccccn3c2C(=O)C1=O. The van der Waals surface area contributed by atoms with Gasteiger partial charge in [0.05, 0.1) is 11.1 Å². The second-order valence-corrected chi connectivity index (χ2v) is 5.18. The molecule has 0 aliphatic heterocycles. The quantitative estimate of drug-likeness (QED) is 0.809. The number of aromatic nitrogens is 2. The van der Waals surface area contributed by atoms with E-state index >= 15 is 0 Å². The van der Waals surface area contributed by atoms with Crippen molar-refractivity contribution in [2.75, 3.05) is 6.61 Å². The monoisotopic (exact) mass is 334 g/mol. The number of carbonyl (C=O) groups excluding carboxylic acids is 2. The van der Waals surface area contributed by atoms with Crippen LogP contribution in [0.15, 0.2) is 30.2 Å². The van der Waals surface area contributed by atoms with E-state index in [-0.39, 0.29) is 11.5 Å². The van der Waals surface area contributed by atoms with Gasteiger partial charge < -0.3 is 4.74 Å². The average Bonchev–Trinajstić information content (AvgIpc) is 2.85. The molecule has 0 fully saturated rings. The maximum absolute atomic E-state index is 12.3. The molecule has 1 aliphatic carbocycles. The number of imidazole rings is 1. The van der Waals surface area contributed by atoms with Crippen LogP contribution in [0.25, 0.3) is 10.1 Å². The first-order valence-electron chi connectivity index (χ1n) is 6.24. The Kier molecular flexibility index (Phi) is 3.17. The van der Waals surface area contributed by atoms with Gasteiger partial charge in [0.25, 0.3) is 11.6 Å². The number of rotatable bonds is 3. The fraction of sp³-hybridized carbons (Fsp3) is 0.214. The van der Waals surface area contributed by atoms with Crippen LogP contribution >= 0.6 is 15.9 Å². The van der Waals surface area contributed by atoms with Crippen LogP contribution in [0.4, 0.5) is 0 Å². The van der Waals surface area contributed by atoms with Crippen LogP contribution in [0.3, 0.4) is 0 Å². The van der Waals surface area contributed by atoms with Crippen molar-refractivity contribution in [3.05, 3.63) is 41.5 Å². The zero-order chi connectivity index (χ0) is 14.3. The number of ether oxygens (including phenoxy) is 1. The summed E-state index contributed by atoms with van der Waals surface area (Å²) in [5, 5.41) is 0. The third-order valence-corrected chi connectivity index (χ3v) is 3.75. The third kappa shape index (κ3) is 1.79. The molecule has 0 unspecified atom stereocenters. The number of carbonyl (C=O) groups is 2. The number of nitrogens with zero attached hydrogens (tertiary/aromatic N) is 2. The molecule has 2 aromatic rings. The van der Waals surface area contributed by atoms with E-state index in [0.29, 0.717) is 22.4 Å². The largest absolute Gasteiger partial charge is 0.488 e. The highest BCUT2D eigenvalue weighted by Crippen LogP contribution is 2.34. The summed E-state index contributed by atoms with van der Waals surface area (Å²) < 4.78 is 7.45. The van der Waals surface area contributed by atoms with Crippen LogP contribution in [0, 0.1) is 0 Å². The van der Waals surface area contributed by atoms with Gasteiger partial charge in [-0.1, -0.05) is 13.0 Å². The molecule has 0 aromatic carbocycles. The van der Waals surface area contributed by atoms with E-state index in [1.54, 1.807) is 22.7 Å². The number of allylic oxidation sites excluding steroid dienone is 1. The van der Waals surface area contributed by atoms with E-state index in [1.807, 2.05) is 13.0 Å². The molecule has 0 N–H and O–H groups in total. The predicted molar refractivity (Wildman–Crippen MR) is 76.6 cm³/mol. The lowest BCUT2D eigenvalue weighted by Crippen LogP contribution is -2.25. The van der Waals surface area contributed by atoms with Crippen LogP contribution in [0.2, 0.25) is 0 Å². The van der Waals surface area contributed by atoms with Crippen LogP contribution < -0.4 is 0 Å². The van der Waals surface area contributed by atoms with Gasteiger partial charge in [-0.25, -0.2) is 4.98 Å². The Bertz CT molecular complexity index is 761. The zero-order valence-corrected chi connectivity index (χ0v) is 12.3. The van der Waals surface area contributed by atoms with Gasteiger partial charge in [0.2, 0.25) is 0 Å². The molecule has 0 bridgehead atoms. The highest BCUT2D eigenvalue weighted by molar-refractivity contribution is 9.15. The third-order valence-electron chi connectivity index (χ3n) is 3.02. The Hall–Kier alpha value is -1.95. The van der Waals surface area contributed by atoms with E-state index in [9.17, 15) is 9.59 Å². The van der Waals surface area contributed by atoms with Gasteiger partial charge in [-0.2, -0.15) is 0 Å². The summed E-state index contributed by atoms with van der Waals surface area (Å²) in [6.07, 6.45) is 2.47. The smallest absolute Gasteiger partial charge is 0.270 e. The number of fused-ring (bicyclic) bond motifs is 3. The molecule has 3 rings (SSSR count). The number of hydrogen-bond donors (Lipinski definition) is 0. The first kappa shape index (κ1) is 13.1. The van der Waals surface area contributed by atoms with Gasteiger partial charge in [-0.15, -0.1) is 0 Å². The predicted octanol–water partition coefficient (Wildman–Crippen LogP) is 2.59. The van der Waals surface area contributed by atoms with Crippen LogP contribution in [-0.2, 0) is 9.53 Å². The van der Waals surface area contributed by atoms with Gasteiger partial charge in [-0.05, 0) is 34.5 Å². The van der Waals surface area contributed by atoms with Gasteiger partial charge >= 0.3 is 0 Å². The molecular weight excluding hydrogens is 324 g/mol. The Morgan fingerprint density at radius 2 is 2.10 bits per heavy atom. The highest BCUT2D eigenvalue weighted by atomic mass is 79.9. The first-order chi connectivity index (χ1) is 9.65. The molecule has 5 nitrogen and oxygen atoms in total. The molecule has 6 heteroatoms. The van der Waals surface area contributed by atoms with Crippen LogP contribution in [0.1, 0.15) is 29.5 Å². The Labute approximate surface area is 123 Å². The molecule has 20 heavy (non-hydrogen) atoms. The van der Waals surface area contributed by atoms with Crippen molar-refractivity contribution in [2.24, 2.45) is 0 Å². The Morgan fingerprint density at radius 1 is 1.30 bits per heavy atom. The minimum Gasteiger partial charge on any atom is -0.488 e. The average molecular weight is 335 g/mol. The zero-order valence-electron chi connectivity index (χ0n) is 10.7. The summed E-state index contributed by atoms with van der Waals surface area (Å²) in [7, 11) is 0. The van der Waals surface area contributed by atoms with Crippen LogP contribution in [-0.4, -0.2) is 27.6 Å². The molecule has 2 heterocycles. The lowest BCUT2D eigenvalue weighted by molar-refractivity contribution is -0.115. The van der Waals surface area contributed by atoms with Crippen molar-refractivity contribution < 1.29 is 14.3 Å². The number of pyridine rings is 1. The topological polar surface area (TPSA) is 60.7 Å². The van der Waals surface area contributed by atoms with Crippen molar-refractivity contribution in [3.8, 4) is 0 Å². The van der Waals surface area contributed by atoms with Gasteiger partial charge in [0.1, 0.15) is 17.0 Å². The van der Waals surface area contributed by atoms with Crippen molar-refractivity contribution >= 4 is 37.6 Å². The maximum Gasteiger partial charge on any atom is 0.270 e. The number of hydrogen-bond acceptors (Lipinski definition) is 4. The first-order valence-corrected chi connectivity index (χ1v) is 7.03. The minimum absolute atomic E-state index is 0.0488. The van der Waals surface area contributed by atoms with Crippen LogP contribution in [0.5, 0.6) is 0 Å². The molecule has 1 aliphatic rings. The van der Waals surface area contributed by atoms with E-state index in [4.69, 9.17) is 4.74 Å². The van der Waals surface area contributed by atoms with Crippen molar-refractivity contribution in [1.82, 2.24) is 9.38 Å². The number of ketones is 2. The standard InChI is InChI=1S/C14H11BrN2O3/c1-2-7-20-14-9(15)10-11(12(18)13(14)19)17-6-4-3-5-8(17)16-10/h3-6H,2,7H2,1H3. The summed E-state index contributed by atoms with van der Waals surface area (Å²) in [5.74, 6) is -1.18. The molecule has 2 aromatic heterocycles. The molecule has 0 spiro atoms. The summed E-state index contributed by atoms with van der Waals surface area (Å²) in [4.78, 5) is 28.8. The summed E-state index contributed by atoms with van der Waals surface area (Å²) in [6, 6.07) is 5.39. The lowest BCUT2D eigenvalue weighted by Gasteiger charge is -2.15. The Morgan fingerprint density at radius 3 is 2.85 bits per heavy atom. The molecule has 0 atom stereocenters. The van der Waals surface area contributed by atoms with Gasteiger partial charge in [-0.3, -0.25) is 14.0 Å². The van der Waals surface area contributed by atoms with E-state index in [1.165, 1.54) is 0 Å². The summed E-state index contributed by atoms with van der Waals surface area (Å²) >= 11 is 3.34. The van der Waals surface area contributed by atoms with Crippen molar-refractivity contribution in [2.45, 2.75) is 13.3 Å². The lowest BCUT2D eigenvalue weighted by atomic mass is 10.0. The number of Topliss-reactive ketones (excluding diaryl/α,β-unsaturated/α-hetero) is 2. The summed E-state index contributed by atoms with van der Waals surface area (Å²) in [5.41, 5.74) is 1.35. The Balaban J connectivity index is 2.24. The van der Waals surface area contributed by atoms with E-state index in [0.717, 1.165) is 6.42 Å². The molecule has 0 saturated heterocycles. The second kappa shape index (κ2) is 4.86. The molecule has 0 saturated carbocycles. The van der Waals surface area contributed by atoms with Crippen molar-refractivity contribution in [3.63, 3.8) is 0 Å².